The summed E-state index contributed by atoms with van der Waals surface area (Å²) in [4.78, 5) is 12.2. The van der Waals surface area contributed by atoms with Crippen LogP contribution in [0.4, 0.5) is 0 Å². The topological polar surface area (TPSA) is 50.4 Å². The summed E-state index contributed by atoms with van der Waals surface area (Å²) in [6.07, 6.45) is 9.56. The van der Waals surface area contributed by atoms with E-state index in [0.717, 1.165) is 40.7 Å². The standard InChI is InChI=1S/C24H32N2O2/c1-4-5-6-7-8-9-15-28-20-13-14-21-18(16-20)11-10-12-19(21)17-22-23(27)25-26-24(22,2)3/h10-14,16-17,26H,4-9,15H2,1-3H3,(H,25,27)/b22-17+. The number of unbranched alkanes of at least 4 members (excludes halogenated alkanes) is 5. The molecule has 0 bridgehead atoms. The van der Waals surface area contributed by atoms with Gasteiger partial charge in [0.05, 0.1) is 12.1 Å². The van der Waals surface area contributed by atoms with Crippen molar-refractivity contribution >= 4 is 22.8 Å². The molecule has 0 atom stereocenters. The quantitative estimate of drug-likeness (QED) is 0.454. The van der Waals surface area contributed by atoms with Crippen LogP contribution in [0.1, 0.15) is 64.9 Å². The van der Waals surface area contributed by atoms with Crippen LogP contribution in [-0.2, 0) is 4.79 Å². The highest BCUT2D eigenvalue weighted by Gasteiger charge is 2.34. The van der Waals surface area contributed by atoms with Gasteiger partial charge in [0, 0.05) is 5.57 Å². The maximum Gasteiger partial charge on any atom is 0.263 e. The lowest BCUT2D eigenvalue weighted by molar-refractivity contribution is -0.116. The molecule has 0 aliphatic carbocycles. The molecule has 0 unspecified atom stereocenters. The second kappa shape index (κ2) is 9.24. The number of nitrogens with one attached hydrogen (secondary N) is 2. The van der Waals surface area contributed by atoms with E-state index in [-0.39, 0.29) is 11.4 Å². The van der Waals surface area contributed by atoms with Crippen LogP contribution in [0.25, 0.3) is 16.8 Å². The van der Waals surface area contributed by atoms with Crippen molar-refractivity contribution < 1.29 is 9.53 Å². The summed E-state index contributed by atoms with van der Waals surface area (Å²) < 4.78 is 5.95. The molecule has 150 valence electrons. The molecule has 0 saturated carbocycles. The summed E-state index contributed by atoms with van der Waals surface area (Å²) in [5.41, 5.74) is 7.13. The van der Waals surface area contributed by atoms with E-state index in [0.29, 0.717) is 0 Å². The molecular weight excluding hydrogens is 348 g/mol. The Hall–Kier alpha value is -2.33. The highest BCUT2D eigenvalue weighted by Crippen LogP contribution is 2.29. The number of amides is 1. The normalized spacial score (nSPS) is 17.2. The van der Waals surface area contributed by atoms with Gasteiger partial charge in [0.25, 0.3) is 5.91 Å². The van der Waals surface area contributed by atoms with E-state index >= 15 is 0 Å². The molecule has 0 radical (unpaired) electrons. The lowest BCUT2D eigenvalue weighted by Crippen LogP contribution is -2.38. The van der Waals surface area contributed by atoms with Crippen molar-refractivity contribution in [1.82, 2.24) is 10.9 Å². The number of hydrazine groups is 1. The summed E-state index contributed by atoms with van der Waals surface area (Å²) >= 11 is 0. The van der Waals surface area contributed by atoms with E-state index in [9.17, 15) is 4.79 Å². The molecule has 1 fully saturated rings. The summed E-state index contributed by atoms with van der Waals surface area (Å²) in [6, 6.07) is 12.4. The number of carbonyl (C=O) groups excluding carboxylic acids is 1. The van der Waals surface area contributed by atoms with E-state index in [2.05, 4.69) is 36.0 Å². The van der Waals surface area contributed by atoms with Crippen LogP contribution in [0.15, 0.2) is 42.0 Å². The van der Waals surface area contributed by atoms with Crippen molar-refractivity contribution in [2.75, 3.05) is 6.61 Å². The largest absolute Gasteiger partial charge is 0.494 e. The zero-order chi connectivity index (χ0) is 20.0. The first-order chi connectivity index (χ1) is 13.5. The number of hydrogen-bond donors (Lipinski definition) is 2. The van der Waals surface area contributed by atoms with E-state index in [4.69, 9.17) is 4.74 Å². The predicted molar refractivity (Wildman–Crippen MR) is 116 cm³/mol. The Bertz CT molecular complexity index is 855. The fraction of sp³-hybridized carbons (Fsp3) is 0.458. The van der Waals surface area contributed by atoms with E-state index in [1.807, 2.05) is 38.1 Å². The average molecular weight is 381 g/mol. The Morgan fingerprint density at radius 3 is 2.57 bits per heavy atom. The number of hydrogen-bond acceptors (Lipinski definition) is 3. The Balaban J connectivity index is 1.68. The van der Waals surface area contributed by atoms with Gasteiger partial charge in [-0.15, -0.1) is 0 Å². The van der Waals surface area contributed by atoms with Crippen LogP contribution in [0.3, 0.4) is 0 Å². The van der Waals surface area contributed by atoms with Crippen molar-refractivity contribution in [1.29, 1.82) is 0 Å². The van der Waals surface area contributed by atoms with Gasteiger partial charge in [-0.2, -0.15) is 0 Å². The second-order valence-corrected chi connectivity index (χ2v) is 8.11. The lowest BCUT2D eigenvalue weighted by Gasteiger charge is -2.17. The van der Waals surface area contributed by atoms with Crippen LogP contribution in [0.2, 0.25) is 0 Å². The second-order valence-electron chi connectivity index (χ2n) is 8.11. The molecule has 1 aliphatic heterocycles. The molecule has 0 aromatic heterocycles. The first kappa shape index (κ1) is 20.4. The third-order valence-corrected chi connectivity index (χ3v) is 5.36. The van der Waals surface area contributed by atoms with Gasteiger partial charge in [0.2, 0.25) is 0 Å². The maximum atomic E-state index is 12.2. The van der Waals surface area contributed by atoms with Gasteiger partial charge in [-0.3, -0.25) is 10.2 Å². The molecule has 4 heteroatoms. The van der Waals surface area contributed by atoms with Gasteiger partial charge in [-0.05, 0) is 54.8 Å². The molecule has 1 aliphatic rings. The van der Waals surface area contributed by atoms with E-state index in [1.54, 1.807) is 0 Å². The van der Waals surface area contributed by atoms with Gasteiger partial charge >= 0.3 is 0 Å². The Morgan fingerprint density at radius 2 is 1.82 bits per heavy atom. The van der Waals surface area contributed by atoms with Gasteiger partial charge in [0.1, 0.15) is 5.75 Å². The molecule has 0 spiro atoms. The molecule has 1 amide bonds. The molecule has 1 heterocycles. The molecule has 28 heavy (non-hydrogen) atoms. The number of fused-ring (bicyclic) bond motifs is 1. The third-order valence-electron chi connectivity index (χ3n) is 5.36. The number of ether oxygens (including phenoxy) is 1. The zero-order valence-corrected chi connectivity index (χ0v) is 17.3. The minimum Gasteiger partial charge on any atom is -0.494 e. The number of benzene rings is 2. The van der Waals surface area contributed by atoms with Crippen LogP contribution in [0, 0.1) is 0 Å². The maximum absolute atomic E-state index is 12.2. The SMILES string of the molecule is CCCCCCCCOc1ccc2c(/C=C3\C(=O)NNC3(C)C)cccc2c1. The fourth-order valence-electron chi connectivity index (χ4n) is 3.61. The van der Waals surface area contributed by atoms with Crippen LogP contribution in [0.5, 0.6) is 5.75 Å². The smallest absolute Gasteiger partial charge is 0.263 e. The van der Waals surface area contributed by atoms with Crippen molar-refractivity contribution in [3.8, 4) is 5.75 Å². The Kier molecular flexibility index (Phi) is 6.74. The molecule has 1 saturated heterocycles. The summed E-state index contributed by atoms with van der Waals surface area (Å²) in [6.45, 7) is 7.00. The monoisotopic (exact) mass is 380 g/mol. The molecule has 2 aromatic rings. The minimum absolute atomic E-state index is 0.0686. The predicted octanol–water partition coefficient (Wildman–Crippen LogP) is 5.38. The van der Waals surface area contributed by atoms with Gasteiger partial charge < -0.3 is 4.74 Å². The Labute approximate surface area is 168 Å². The fourth-order valence-corrected chi connectivity index (χ4v) is 3.61. The van der Waals surface area contributed by atoms with Crippen molar-refractivity contribution in [2.45, 2.75) is 64.8 Å². The Morgan fingerprint density at radius 1 is 1.04 bits per heavy atom. The van der Waals surface area contributed by atoms with Crippen LogP contribution >= 0.6 is 0 Å². The first-order valence-corrected chi connectivity index (χ1v) is 10.5. The van der Waals surface area contributed by atoms with Crippen molar-refractivity contribution in [3.05, 3.63) is 47.5 Å². The molecule has 2 N–H and O–H groups in total. The van der Waals surface area contributed by atoms with Crippen molar-refractivity contribution in [2.24, 2.45) is 0 Å². The van der Waals surface area contributed by atoms with Crippen molar-refractivity contribution in [3.63, 3.8) is 0 Å². The zero-order valence-electron chi connectivity index (χ0n) is 17.3. The average Bonchev–Trinajstić information content (AvgIpc) is 2.94. The lowest BCUT2D eigenvalue weighted by atomic mass is 9.92. The van der Waals surface area contributed by atoms with Crippen LogP contribution < -0.4 is 15.6 Å². The van der Waals surface area contributed by atoms with Gasteiger partial charge in [-0.25, -0.2) is 5.43 Å². The summed E-state index contributed by atoms with van der Waals surface area (Å²) in [5, 5.41) is 2.25. The number of rotatable bonds is 9. The molecule has 3 rings (SSSR count). The first-order valence-electron chi connectivity index (χ1n) is 10.5. The molecule has 2 aromatic carbocycles. The highest BCUT2D eigenvalue weighted by molar-refractivity contribution is 6.04. The highest BCUT2D eigenvalue weighted by atomic mass is 16.5. The minimum atomic E-state index is -0.389. The summed E-state index contributed by atoms with van der Waals surface area (Å²) in [7, 11) is 0. The van der Waals surface area contributed by atoms with E-state index in [1.165, 1.54) is 32.1 Å². The third kappa shape index (κ3) is 4.93. The summed E-state index contributed by atoms with van der Waals surface area (Å²) in [5.74, 6) is 0.840. The van der Waals surface area contributed by atoms with Crippen LogP contribution in [-0.4, -0.2) is 18.1 Å². The molecular formula is C24H32N2O2. The molecule has 4 nitrogen and oxygen atoms in total. The van der Waals surface area contributed by atoms with E-state index < -0.39 is 0 Å². The van der Waals surface area contributed by atoms with Gasteiger partial charge in [-0.1, -0.05) is 63.3 Å². The number of carbonyl (C=O) groups is 1. The van der Waals surface area contributed by atoms with Gasteiger partial charge in [0.15, 0.2) is 0 Å².